The third-order valence-corrected chi connectivity index (χ3v) is 14.6. The summed E-state index contributed by atoms with van der Waals surface area (Å²) >= 11 is -1.07. The van der Waals surface area contributed by atoms with Gasteiger partial charge in [-0.2, -0.15) is 0 Å². The van der Waals surface area contributed by atoms with Gasteiger partial charge in [0, 0.05) is 0 Å². The summed E-state index contributed by atoms with van der Waals surface area (Å²) in [6.45, 7) is 11.4. The van der Waals surface area contributed by atoms with Crippen molar-refractivity contribution >= 4 is 6.66 Å². The first kappa shape index (κ1) is 20.3. The van der Waals surface area contributed by atoms with Crippen LogP contribution in [0.5, 0.6) is 0 Å². The molecule has 1 aliphatic carbocycles. The smallest absolute Gasteiger partial charge is 1.00 e. The van der Waals surface area contributed by atoms with Crippen molar-refractivity contribution in [3.63, 3.8) is 0 Å². The molecule has 1 unspecified atom stereocenters. The molecule has 1 atom stereocenters. The van der Waals surface area contributed by atoms with Crippen LogP contribution in [0.3, 0.4) is 0 Å². The minimum atomic E-state index is -1.07. The molecule has 17 heavy (non-hydrogen) atoms. The molecular formula is C12H24Cl2NSiTi. The van der Waals surface area contributed by atoms with Gasteiger partial charge < -0.3 is 24.8 Å². The molecule has 0 radical (unpaired) electrons. The zero-order valence-electron chi connectivity index (χ0n) is 11.5. The van der Waals surface area contributed by atoms with Gasteiger partial charge in [-0.1, -0.05) is 0 Å². The van der Waals surface area contributed by atoms with E-state index in [1.54, 1.807) is 3.88 Å². The first-order chi connectivity index (χ1) is 7.04. The van der Waals surface area contributed by atoms with Gasteiger partial charge >= 0.3 is 102 Å². The molecule has 0 bridgehead atoms. The van der Waals surface area contributed by atoms with Crippen LogP contribution in [-0.2, 0) is 17.4 Å². The van der Waals surface area contributed by atoms with Gasteiger partial charge in [-0.3, -0.25) is 0 Å². The average Bonchev–Trinajstić information content (AvgIpc) is 2.60. The third-order valence-electron chi connectivity index (χ3n) is 2.98. The second-order valence-electron chi connectivity index (χ2n) is 4.84. The van der Waals surface area contributed by atoms with Crippen LogP contribution in [0, 0.1) is 0 Å². The van der Waals surface area contributed by atoms with Crippen LogP contribution < -0.4 is 28.6 Å². The Labute approximate surface area is 126 Å². The van der Waals surface area contributed by atoms with E-state index < -0.39 is 24.0 Å². The molecule has 1 N–H and O–H groups in total. The maximum atomic E-state index is 3.96. The number of nitrogens with one attached hydrogen (secondary N) is 1. The first-order valence-corrected chi connectivity index (χ1v) is 13.2. The van der Waals surface area contributed by atoms with Gasteiger partial charge in [-0.15, -0.1) is 0 Å². The maximum absolute atomic E-state index is 3.96. The van der Waals surface area contributed by atoms with Crippen molar-refractivity contribution < 1.29 is 42.2 Å². The summed E-state index contributed by atoms with van der Waals surface area (Å²) in [6.07, 6.45) is 7.35. The van der Waals surface area contributed by atoms with Crippen LogP contribution in [-0.4, -0.2) is 12.7 Å². The Hall–Kier alpha value is 0.951. The summed E-state index contributed by atoms with van der Waals surface area (Å²) in [5.41, 5.74) is 1.48. The van der Waals surface area contributed by atoms with Gasteiger partial charge in [-0.25, -0.2) is 0 Å². The molecule has 0 aromatic rings. The summed E-state index contributed by atoms with van der Waals surface area (Å²) in [5, 5.41) is 0. The molecule has 0 aliphatic heterocycles. The Morgan fingerprint density at radius 1 is 1.41 bits per heavy atom. The normalized spacial score (nSPS) is 15.6. The van der Waals surface area contributed by atoms with Crippen molar-refractivity contribution in [1.29, 1.82) is 0 Å². The van der Waals surface area contributed by atoms with Gasteiger partial charge in [0.15, 0.2) is 0 Å². The fourth-order valence-electron chi connectivity index (χ4n) is 1.85. The molecule has 0 aromatic heterocycles. The Morgan fingerprint density at radius 2 is 2.00 bits per heavy atom. The van der Waals surface area contributed by atoms with Crippen molar-refractivity contribution in [2.24, 2.45) is 0 Å². The quantitative estimate of drug-likeness (QED) is 0.535. The predicted molar refractivity (Wildman–Crippen MR) is 68.2 cm³/mol. The first-order valence-electron chi connectivity index (χ1n) is 6.05. The van der Waals surface area contributed by atoms with E-state index in [0.29, 0.717) is 0 Å². The molecule has 1 nitrogen and oxygen atoms in total. The Balaban J connectivity index is 0. The van der Waals surface area contributed by atoms with E-state index in [2.05, 4.69) is 49.8 Å². The largest absolute Gasteiger partial charge is 1.00 e. The van der Waals surface area contributed by atoms with Crippen LogP contribution in [0.15, 0.2) is 21.6 Å². The number of halogens is 2. The average molecular weight is 329 g/mol. The SMILES string of the molecule is CCC(C)[NH][Ti+2]([C]1=CC(C)=CC1)[SiH](C)C.[Cl-].[Cl-]. The van der Waals surface area contributed by atoms with Gasteiger partial charge in [0.2, 0.25) is 0 Å². The minimum absolute atomic E-state index is 0. The molecule has 1 rings (SSSR count). The zero-order valence-corrected chi connectivity index (χ0v) is 15.7. The fraction of sp³-hybridized carbons (Fsp3) is 0.667. The van der Waals surface area contributed by atoms with Crippen LogP contribution in [0.1, 0.15) is 33.6 Å². The van der Waals surface area contributed by atoms with Crippen LogP contribution in [0.2, 0.25) is 13.1 Å². The molecule has 0 heterocycles. The van der Waals surface area contributed by atoms with Crippen LogP contribution >= 0.6 is 0 Å². The molecule has 5 heteroatoms. The van der Waals surface area contributed by atoms with E-state index in [0.717, 1.165) is 6.04 Å². The third kappa shape index (κ3) is 6.61. The van der Waals surface area contributed by atoms with Crippen molar-refractivity contribution in [3.8, 4) is 0 Å². The van der Waals surface area contributed by atoms with Crippen molar-refractivity contribution in [1.82, 2.24) is 3.80 Å². The number of hydrogen-bond donors (Lipinski definition) is 1. The second kappa shape index (κ2) is 9.83. The number of hydrogen-bond acceptors (Lipinski definition) is 1. The van der Waals surface area contributed by atoms with Gasteiger partial charge in [0.05, 0.1) is 0 Å². The molecule has 0 saturated heterocycles. The van der Waals surface area contributed by atoms with E-state index in [1.165, 1.54) is 18.4 Å². The Kier molecular flexibility index (Phi) is 11.7. The van der Waals surface area contributed by atoms with E-state index in [9.17, 15) is 0 Å². The standard InChI is InChI=1S/C6H7.C4H10N.C2H7Si.2ClH.Ti/c1-6-4-2-3-5-6;1-3-4(2)5;1-3-2;;;/h4-5H,2H2,1H3;4-5H,3H2,1-2H3;3H,1-2H3;2*1H;/q;-1;;;;+3/p-2. The fourth-order valence-corrected chi connectivity index (χ4v) is 12.5. The summed E-state index contributed by atoms with van der Waals surface area (Å²) in [6, 6.07) is 0.719. The Bertz CT molecular complexity index is 280. The van der Waals surface area contributed by atoms with Crippen molar-refractivity contribution in [3.05, 3.63) is 21.6 Å². The van der Waals surface area contributed by atoms with E-state index in [4.69, 9.17) is 0 Å². The van der Waals surface area contributed by atoms with Crippen molar-refractivity contribution in [2.45, 2.75) is 52.7 Å². The van der Waals surface area contributed by atoms with E-state index in [1.807, 2.05) is 0 Å². The van der Waals surface area contributed by atoms with Crippen LogP contribution in [0.25, 0.3) is 0 Å². The van der Waals surface area contributed by atoms with E-state index in [-0.39, 0.29) is 24.8 Å². The minimum Gasteiger partial charge on any atom is -1.00 e. The monoisotopic (exact) mass is 328 g/mol. The molecule has 99 valence electrons. The molecule has 0 spiro atoms. The summed E-state index contributed by atoms with van der Waals surface area (Å²) < 4.78 is 5.74. The predicted octanol–water partition coefficient (Wildman–Crippen LogP) is -2.87. The summed E-state index contributed by atoms with van der Waals surface area (Å²) in [5.74, 6) is 0. The second-order valence-corrected chi connectivity index (χ2v) is 17.7. The molecule has 0 aromatic carbocycles. The summed E-state index contributed by atoms with van der Waals surface area (Å²) in [7, 11) is 0. The maximum Gasteiger partial charge on any atom is -1.00 e. The number of allylic oxidation sites excluding steroid dienone is 4. The molecular weight excluding hydrogens is 305 g/mol. The Morgan fingerprint density at radius 3 is 2.35 bits per heavy atom. The molecule has 0 saturated carbocycles. The topological polar surface area (TPSA) is 12.0 Å². The van der Waals surface area contributed by atoms with Crippen LogP contribution in [0.4, 0.5) is 0 Å². The number of rotatable bonds is 5. The molecule has 1 aliphatic rings. The van der Waals surface area contributed by atoms with Crippen molar-refractivity contribution in [2.75, 3.05) is 0 Å². The molecule has 0 fully saturated rings. The van der Waals surface area contributed by atoms with Gasteiger partial charge in [0.25, 0.3) is 0 Å². The van der Waals surface area contributed by atoms with Gasteiger partial charge in [0.1, 0.15) is 0 Å². The zero-order chi connectivity index (χ0) is 11.4. The van der Waals surface area contributed by atoms with E-state index >= 15 is 0 Å². The summed E-state index contributed by atoms with van der Waals surface area (Å²) in [4.78, 5) is 0. The molecule has 0 amide bonds. The van der Waals surface area contributed by atoms with Gasteiger partial charge in [-0.05, 0) is 0 Å².